The number of rotatable bonds is 3. The number of phenolic OH excluding ortho intramolecular Hbond substituents is 1. The Labute approximate surface area is 83.8 Å². The number of benzene rings is 1. The Morgan fingerprint density at radius 2 is 2.14 bits per heavy atom. The van der Waals surface area contributed by atoms with Gasteiger partial charge in [-0.3, -0.25) is 4.79 Å². The molecule has 1 aromatic rings. The number of amides is 1. The SMILES string of the molecule is CCC(NC(C)=O)c1ccccc1O. The molecule has 1 rings (SSSR count). The van der Waals surface area contributed by atoms with Crippen molar-refractivity contribution in [3.8, 4) is 5.75 Å². The molecule has 0 fully saturated rings. The highest BCUT2D eigenvalue weighted by molar-refractivity contribution is 5.73. The second-order valence-corrected chi connectivity index (χ2v) is 3.22. The third-order valence-corrected chi connectivity index (χ3v) is 2.10. The van der Waals surface area contributed by atoms with Crippen LogP contribution in [0.5, 0.6) is 5.75 Å². The summed E-state index contributed by atoms with van der Waals surface area (Å²) in [6, 6.07) is 6.95. The van der Waals surface area contributed by atoms with Crippen molar-refractivity contribution in [1.29, 1.82) is 0 Å². The van der Waals surface area contributed by atoms with Crippen molar-refractivity contribution in [2.24, 2.45) is 0 Å². The topological polar surface area (TPSA) is 49.3 Å². The van der Waals surface area contributed by atoms with Crippen molar-refractivity contribution in [2.75, 3.05) is 0 Å². The van der Waals surface area contributed by atoms with Gasteiger partial charge in [0.15, 0.2) is 0 Å². The fraction of sp³-hybridized carbons (Fsp3) is 0.364. The minimum Gasteiger partial charge on any atom is -0.508 e. The van der Waals surface area contributed by atoms with E-state index in [1.165, 1.54) is 6.92 Å². The summed E-state index contributed by atoms with van der Waals surface area (Å²) in [5.74, 6) is 0.146. The van der Waals surface area contributed by atoms with E-state index in [9.17, 15) is 9.90 Å². The smallest absolute Gasteiger partial charge is 0.217 e. The number of phenols is 1. The maximum Gasteiger partial charge on any atom is 0.217 e. The van der Waals surface area contributed by atoms with E-state index in [1.807, 2.05) is 19.1 Å². The molecule has 0 bridgehead atoms. The second-order valence-electron chi connectivity index (χ2n) is 3.22. The Bertz CT molecular complexity index is 323. The fourth-order valence-corrected chi connectivity index (χ4v) is 1.43. The molecule has 0 aromatic heterocycles. The van der Waals surface area contributed by atoms with E-state index in [4.69, 9.17) is 0 Å². The average Bonchev–Trinajstić information content (AvgIpc) is 2.15. The van der Waals surface area contributed by atoms with E-state index < -0.39 is 0 Å². The Hall–Kier alpha value is -1.51. The molecule has 2 N–H and O–H groups in total. The number of carbonyl (C=O) groups excluding carboxylic acids is 1. The van der Waals surface area contributed by atoms with Crippen molar-refractivity contribution in [3.05, 3.63) is 29.8 Å². The van der Waals surface area contributed by atoms with E-state index in [1.54, 1.807) is 12.1 Å². The van der Waals surface area contributed by atoms with E-state index in [2.05, 4.69) is 5.32 Å². The maximum absolute atomic E-state index is 10.9. The normalized spacial score (nSPS) is 12.1. The maximum atomic E-state index is 10.9. The molecule has 3 heteroatoms. The van der Waals surface area contributed by atoms with Gasteiger partial charge in [0.1, 0.15) is 5.75 Å². The third kappa shape index (κ3) is 2.49. The largest absolute Gasteiger partial charge is 0.508 e. The van der Waals surface area contributed by atoms with Crippen LogP contribution in [0.25, 0.3) is 0 Å². The number of para-hydroxylation sites is 1. The van der Waals surface area contributed by atoms with Crippen LogP contribution >= 0.6 is 0 Å². The van der Waals surface area contributed by atoms with Gasteiger partial charge in [-0.05, 0) is 12.5 Å². The monoisotopic (exact) mass is 193 g/mol. The molecule has 1 unspecified atom stereocenters. The molecule has 0 aliphatic rings. The van der Waals surface area contributed by atoms with Crippen LogP contribution in [0.4, 0.5) is 0 Å². The number of carbonyl (C=O) groups is 1. The molecule has 1 amide bonds. The summed E-state index contributed by atoms with van der Waals surface area (Å²) in [7, 11) is 0. The Morgan fingerprint density at radius 1 is 1.50 bits per heavy atom. The fourth-order valence-electron chi connectivity index (χ4n) is 1.43. The molecule has 76 valence electrons. The van der Waals surface area contributed by atoms with Gasteiger partial charge < -0.3 is 10.4 Å². The molecule has 3 nitrogen and oxygen atoms in total. The van der Waals surface area contributed by atoms with Crippen molar-refractivity contribution in [3.63, 3.8) is 0 Å². The van der Waals surface area contributed by atoms with Crippen molar-refractivity contribution >= 4 is 5.91 Å². The van der Waals surface area contributed by atoms with E-state index in [0.717, 1.165) is 12.0 Å². The van der Waals surface area contributed by atoms with Gasteiger partial charge in [-0.1, -0.05) is 25.1 Å². The predicted molar refractivity (Wildman–Crippen MR) is 55.0 cm³/mol. The summed E-state index contributed by atoms with van der Waals surface area (Å²) in [6.07, 6.45) is 0.761. The zero-order valence-electron chi connectivity index (χ0n) is 8.45. The van der Waals surface area contributed by atoms with Crippen LogP contribution in [0, 0.1) is 0 Å². The van der Waals surface area contributed by atoms with Gasteiger partial charge in [0.25, 0.3) is 0 Å². The van der Waals surface area contributed by atoms with Crippen LogP contribution in [0.3, 0.4) is 0 Å². The van der Waals surface area contributed by atoms with E-state index in [0.29, 0.717) is 0 Å². The number of hydrogen-bond donors (Lipinski definition) is 2. The molecule has 0 aliphatic heterocycles. The molecule has 0 heterocycles. The van der Waals surface area contributed by atoms with Crippen molar-refractivity contribution in [1.82, 2.24) is 5.32 Å². The molecule has 0 aliphatic carbocycles. The molecule has 1 atom stereocenters. The van der Waals surface area contributed by atoms with E-state index >= 15 is 0 Å². The standard InChI is InChI=1S/C11H15NO2/c1-3-10(12-8(2)13)9-6-4-5-7-11(9)14/h4-7,10,14H,3H2,1-2H3,(H,12,13). The predicted octanol–water partition coefficient (Wildman–Crippen LogP) is 1.98. The first-order valence-corrected chi connectivity index (χ1v) is 4.70. The molecular weight excluding hydrogens is 178 g/mol. The van der Waals surface area contributed by atoms with E-state index in [-0.39, 0.29) is 17.7 Å². The van der Waals surface area contributed by atoms with Crippen LogP contribution in [-0.2, 0) is 4.79 Å². The summed E-state index contributed by atoms with van der Waals surface area (Å²) >= 11 is 0. The lowest BCUT2D eigenvalue weighted by atomic mass is 10.0. The van der Waals surface area contributed by atoms with Crippen LogP contribution < -0.4 is 5.32 Å². The zero-order valence-corrected chi connectivity index (χ0v) is 8.45. The molecule has 0 radical (unpaired) electrons. The van der Waals surface area contributed by atoms with Gasteiger partial charge in [-0.25, -0.2) is 0 Å². The third-order valence-electron chi connectivity index (χ3n) is 2.10. The molecule has 14 heavy (non-hydrogen) atoms. The Morgan fingerprint density at radius 3 is 2.64 bits per heavy atom. The molecule has 1 aromatic carbocycles. The second kappa shape index (κ2) is 4.65. The lowest BCUT2D eigenvalue weighted by Crippen LogP contribution is -2.25. The first-order chi connectivity index (χ1) is 6.65. The lowest BCUT2D eigenvalue weighted by molar-refractivity contribution is -0.119. The van der Waals surface area contributed by atoms with Crippen LogP contribution in [-0.4, -0.2) is 11.0 Å². The van der Waals surface area contributed by atoms with Gasteiger partial charge in [0.2, 0.25) is 5.91 Å². The molecule has 0 saturated heterocycles. The first kappa shape index (κ1) is 10.6. The summed E-state index contributed by atoms with van der Waals surface area (Å²) < 4.78 is 0. The van der Waals surface area contributed by atoms with Gasteiger partial charge in [0, 0.05) is 12.5 Å². The first-order valence-electron chi connectivity index (χ1n) is 4.70. The molecule has 0 spiro atoms. The number of hydrogen-bond acceptors (Lipinski definition) is 2. The van der Waals surface area contributed by atoms with Crippen LogP contribution in [0.2, 0.25) is 0 Å². The van der Waals surface area contributed by atoms with Crippen LogP contribution in [0.15, 0.2) is 24.3 Å². The molecule has 0 saturated carbocycles. The van der Waals surface area contributed by atoms with Crippen molar-refractivity contribution < 1.29 is 9.90 Å². The van der Waals surface area contributed by atoms with Gasteiger partial charge in [-0.2, -0.15) is 0 Å². The number of aromatic hydroxyl groups is 1. The van der Waals surface area contributed by atoms with Gasteiger partial charge in [-0.15, -0.1) is 0 Å². The Kier molecular flexibility index (Phi) is 3.51. The summed E-state index contributed by atoms with van der Waals surface area (Å²) in [5.41, 5.74) is 0.769. The molecular formula is C11H15NO2. The Balaban J connectivity index is 2.89. The summed E-state index contributed by atoms with van der Waals surface area (Å²) in [6.45, 7) is 3.44. The average molecular weight is 193 g/mol. The lowest BCUT2D eigenvalue weighted by Gasteiger charge is -2.17. The van der Waals surface area contributed by atoms with Gasteiger partial charge >= 0.3 is 0 Å². The zero-order chi connectivity index (χ0) is 10.6. The summed E-state index contributed by atoms with van der Waals surface area (Å²) in [5, 5.41) is 12.4. The highest BCUT2D eigenvalue weighted by Crippen LogP contribution is 2.25. The van der Waals surface area contributed by atoms with Crippen LogP contribution in [0.1, 0.15) is 31.9 Å². The van der Waals surface area contributed by atoms with Crippen molar-refractivity contribution in [2.45, 2.75) is 26.3 Å². The highest BCUT2D eigenvalue weighted by Gasteiger charge is 2.13. The number of nitrogens with one attached hydrogen (secondary N) is 1. The minimum atomic E-state index is -0.103. The minimum absolute atomic E-state index is 0.0832. The van der Waals surface area contributed by atoms with Gasteiger partial charge in [0.05, 0.1) is 6.04 Å². The quantitative estimate of drug-likeness (QED) is 0.771. The highest BCUT2D eigenvalue weighted by atomic mass is 16.3. The summed E-state index contributed by atoms with van der Waals surface area (Å²) in [4.78, 5) is 10.9.